The van der Waals surface area contributed by atoms with E-state index in [4.69, 9.17) is 4.74 Å². The Hall–Kier alpha value is -0.120. The highest BCUT2D eigenvalue weighted by Crippen LogP contribution is 2.60. The van der Waals surface area contributed by atoms with E-state index in [1.165, 1.54) is 38.8 Å². The second kappa shape index (κ2) is 4.71. The van der Waals surface area contributed by atoms with Crippen molar-refractivity contribution in [3.8, 4) is 0 Å². The number of hydrogen-bond donors (Lipinski definition) is 1. The summed E-state index contributed by atoms with van der Waals surface area (Å²) in [6, 6.07) is 0. The molecule has 3 heteroatoms. The molecule has 1 N–H and O–H groups in total. The lowest BCUT2D eigenvalue weighted by atomic mass is 9.47. The molecule has 0 aromatic carbocycles. The molecule has 0 radical (unpaired) electrons. The van der Waals surface area contributed by atoms with Crippen LogP contribution >= 0.6 is 0 Å². The van der Waals surface area contributed by atoms with Gasteiger partial charge in [-0.05, 0) is 55.8 Å². The Bertz CT molecular complexity index is 316. The summed E-state index contributed by atoms with van der Waals surface area (Å²) in [5.41, 5.74) is 0.490. The van der Waals surface area contributed by atoms with Crippen LogP contribution in [0, 0.1) is 23.7 Å². The first-order valence-electron chi connectivity index (χ1n) is 8.27. The van der Waals surface area contributed by atoms with E-state index in [9.17, 15) is 0 Å². The third-order valence-corrected chi connectivity index (χ3v) is 6.67. The SMILES string of the molecule is COCCN1CCNCC12C1CC3CC(C1)CC2C3. The number of nitrogens with one attached hydrogen (secondary N) is 1. The Kier molecular flexibility index (Phi) is 3.13. The first-order valence-corrected chi connectivity index (χ1v) is 8.27. The van der Waals surface area contributed by atoms with Crippen molar-refractivity contribution in [1.29, 1.82) is 0 Å². The first kappa shape index (κ1) is 12.6. The highest BCUT2D eigenvalue weighted by Gasteiger charge is 2.59. The van der Waals surface area contributed by atoms with Crippen LogP contribution in [0.5, 0.6) is 0 Å². The topological polar surface area (TPSA) is 24.5 Å². The fourth-order valence-corrected chi connectivity index (χ4v) is 6.15. The molecule has 5 rings (SSSR count). The molecule has 3 nitrogen and oxygen atoms in total. The Morgan fingerprint density at radius 1 is 1.11 bits per heavy atom. The first-order chi connectivity index (χ1) is 9.33. The Labute approximate surface area is 117 Å². The van der Waals surface area contributed by atoms with Gasteiger partial charge in [0.05, 0.1) is 6.61 Å². The second-order valence-electron chi connectivity index (χ2n) is 7.45. The van der Waals surface area contributed by atoms with E-state index in [2.05, 4.69) is 10.2 Å². The van der Waals surface area contributed by atoms with Crippen LogP contribution in [-0.4, -0.2) is 50.3 Å². The largest absolute Gasteiger partial charge is 0.383 e. The lowest BCUT2D eigenvalue weighted by Crippen LogP contribution is -2.73. The minimum atomic E-state index is 0.490. The van der Waals surface area contributed by atoms with Gasteiger partial charge in [-0.1, -0.05) is 0 Å². The van der Waals surface area contributed by atoms with E-state index in [0.29, 0.717) is 5.54 Å². The van der Waals surface area contributed by atoms with Crippen molar-refractivity contribution in [1.82, 2.24) is 10.2 Å². The molecular formula is C16H28N2O. The van der Waals surface area contributed by atoms with Gasteiger partial charge in [-0.3, -0.25) is 4.90 Å². The van der Waals surface area contributed by atoms with Gasteiger partial charge >= 0.3 is 0 Å². The monoisotopic (exact) mass is 264 g/mol. The number of hydrogen-bond acceptors (Lipinski definition) is 3. The number of methoxy groups -OCH3 is 1. The molecule has 0 aromatic heterocycles. The smallest absolute Gasteiger partial charge is 0.0589 e. The molecule has 4 saturated carbocycles. The summed E-state index contributed by atoms with van der Waals surface area (Å²) < 4.78 is 5.37. The maximum atomic E-state index is 5.37. The molecule has 0 aromatic rings. The van der Waals surface area contributed by atoms with Crippen molar-refractivity contribution >= 4 is 0 Å². The van der Waals surface area contributed by atoms with Crippen molar-refractivity contribution in [3.05, 3.63) is 0 Å². The van der Waals surface area contributed by atoms with Crippen LogP contribution in [0.2, 0.25) is 0 Å². The number of ether oxygens (including phenoxy) is 1. The second-order valence-corrected chi connectivity index (χ2v) is 7.45. The minimum absolute atomic E-state index is 0.490. The number of piperazine rings is 1. The Morgan fingerprint density at radius 3 is 2.42 bits per heavy atom. The molecular weight excluding hydrogens is 236 g/mol. The summed E-state index contributed by atoms with van der Waals surface area (Å²) in [5, 5.41) is 3.73. The quantitative estimate of drug-likeness (QED) is 0.840. The van der Waals surface area contributed by atoms with Crippen molar-refractivity contribution in [2.24, 2.45) is 23.7 Å². The van der Waals surface area contributed by atoms with E-state index in [0.717, 1.165) is 43.4 Å². The fraction of sp³-hybridized carbons (Fsp3) is 1.00. The summed E-state index contributed by atoms with van der Waals surface area (Å²) in [5.74, 6) is 4.07. The lowest BCUT2D eigenvalue weighted by Gasteiger charge is -2.66. The molecule has 5 fully saturated rings. The molecule has 4 bridgehead atoms. The average Bonchev–Trinajstić information content (AvgIpc) is 2.42. The summed E-state index contributed by atoms with van der Waals surface area (Å²) >= 11 is 0. The molecule has 1 heterocycles. The average molecular weight is 264 g/mol. The zero-order valence-corrected chi connectivity index (χ0v) is 12.2. The lowest BCUT2D eigenvalue weighted by molar-refractivity contribution is -0.146. The van der Waals surface area contributed by atoms with Crippen LogP contribution in [0.25, 0.3) is 0 Å². The van der Waals surface area contributed by atoms with Crippen molar-refractivity contribution in [3.63, 3.8) is 0 Å². The summed E-state index contributed by atoms with van der Waals surface area (Å²) in [6.45, 7) is 5.67. The summed E-state index contributed by atoms with van der Waals surface area (Å²) in [7, 11) is 1.84. The van der Waals surface area contributed by atoms with E-state index >= 15 is 0 Å². The van der Waals surface area contributed by atoms with Gasteiger partial charge in [-0.25, -0.2) is 0 Å². The van der Waals surface area contributed by atoms with Crippen molar-refractivity contribution in [2.45, 2.75) is 37.6 Å². The van der Waals surface area contributed by atoms with E-state index < -0.39 is 0 Å². The molecule has 1 saturated heterocycles. The van der Waals surface area contributed by atoms with Gasteiger partial charge in [-0.2, -0.15) is 0 Å². The number of nitrogens with zero attached hydrogens (tertiary/aromatic N) is 1. The molecule has 5 aliphatic rings. The van der Waals surface area contributed by atoms with E-state index in [1.54, 1.807) is 6.42 Å². The van der Waals surface area contributed by atoms with Crippen LogP contribution in [0.4, 0.5) is 0 Å². The van der Waals surface area contributed by atoms with Gasteiger partial charge in [0.2, 0.25) is 0 Å². The van der Waals surface area contributed by atoms with Crippen LogP contribution in [-0.2, 0) is 4.74 Å². The van der Waals surface area contributed by atoms with Crippen LogP contribution < -0.4 is 5.32 Å². The number of rotatable bonds is 3. The zero-order chi connectivity index (χ0) is 12.9. The van der Waals surface area contributed by atoms with Gasteiger partial charge in [0.25, 0.3) is 0 Å². The van der Waals surface area contributed by atoms with Gasteiger partial charge in [0.1, 0.15) is 0 Å². The van der Waals surface area contributed by atoms with Crippen LogP contribution in [0.15, 0.2) is 0 Å². The summed E-state index contributed by atoms with van der Waals surface area (Å²) in [4.78, 5) is 2.82. The van der Waals surface area contributed by atoms with Gasteiger partial charge in [-0.15, -0.1) is 0 Å². The third kappa shape index (κ3) is 1.81. The fourth-order valence-electron chi connectivity index (χ4n) is 6.15. The predicted molar refractivity (Wildman–Crippen MR) is 76.1 cm³/mol. The predicted octanol–water partition coefficient (Wildman–Crippen LogP) is 1.73. The van der Waals surface area contributed by atoms with Gasteiger partial charge in [0.15, 0.2) is 0 Å². The normalized spacial score (nSPS) is 49.1. The van der Waals surface area contributed by atoms with E-state index in [1.807, 2.05) is 7.11 Å². The highest BCUT2D eigenvalue weighted by molar-refractivity contribution is 5.14. The van der Waals surface area contributed by atoms with Crippen molar-refractivity contribution in [2.75, 3.05) is 39.9 Å². The summed E-state index contributed by atoms with van der Waals surface area (Å²) in [6.07, 6.45) is 7.60. The molecule has 1 spiro atoms. The van der Waals surface area contributed by atoms with E-state index in [-0.39, 0.29) is 0 Å². The molecule has 4 aliphatic carbocycles. The maximum Gasteiger partial charge on any atom is 0.0589 e. The minimum Gasteiger partial charge on any atom is -0.383 e. The molecule has 1 aliphatic heterocycles. The van der Waals surface area contributed by atoms with Crippen LogP contribution in [0.3, 0.4) is 0 Å². The van der Waals surface area contributed by atoms with Gasteiger partial charge < -0.3 is 10.1 Å². The van der Waals surface area contributed by atoms with Crippen molar-refractivity contribution < 1.29 is 4.74 Å². The Balaban J connectivity index is 1.62. The Morgan fingerprint density at radius 2 is 1.79 bits per heavy atom. The molecule has 108 valence electrons. The molecule has 19 heavy (non-hydrogen) atoms. The maximum absolute atomic E-state index is 5.37. The zero-order valence-electron chi connectivity index (χ0n) is 12.2. The third-order valence-electron chi connectivity index (χ3n) is 6.67. The van der Waals surface area contributed by atoms with Gasteiger partial charge in [0, 0.05) is 38.8 Å². The molecule has 0 unspecified atom stereocenters. The highest BCUT2D eigenvalue weighted by atomic mass is 16.5. The molecule has 0 atom stereocenters. The molecule has 0 amide bonds. The standard InChI is InChI=1S/C16H28N2O/c1-19-5-4-18-3-2-17-11-16(18)14-7-12-6-13(9-14)10-15(16)8-12/h12-15,17H,2-11H2,1H3. The van der Waals surface area contributed by atoms with Crippen LogP contribution in [0.1, 0.15) is 32.1 Å².